The molecular formula is C17H27NO. The standard InChI is InChI=1S/C17H27NO/c1-6-12(2)9-13(3)18-8-7-14-15(18)10-17(4,5)11-16(14)19/h7-8,12-13H,6,9-11H2,1-5H3. The van der Waals surface area contributed by atoms with E-state index < -0.39 is 0 Å². The van der Waals surface area contributed by atoms with Crippen LogP contribution in [0.25, 0.3) is 0 Å². The van der Waals surface area contributed by atoms with E-state index in [9.17, 15) is 4.79 Å². The molecule has 2 unspecified atom stereocenters. The molecule has 0 bridgehead atoms. The Kier molecular flexibility index (Phi) is 3.89. The number of aromatic nitrogens is 1. The summed E-state index contributed by atoms with van der Waals surface area (Å²) in [7, 11) is 0. The molecule has 0 spiro atoms. The predicted octanol–water partition coefficient (Wildman–Crippen LogP) is 4.64. The highest BCUT2D eigenvalue weighted by Crippen LogP contribution is 2.37. The first-order valence-corrected chi connectivity index (χ1v) is 7.57. The van der Waals surface area contributed by atoms with Crippen molar-refractivity contribution >= 4 is 5.78 Å². The molecule has 0 radical (unpaired) electrons. The molecule has 2 rings (SSSR count). The summed E-state index contributed by atoms with van der Waals surface area (Å²) < 4.78 is 2.35. The molecule has 1 aromatic rings. The topological polar surface area (TPSA) is 22.0 Å². The number of fused-ring (bicyclic) bond motifs is 1. The van der Waals surface area contributed by atoms with Gasteiger partial charge in [-0.15, -0.1) is 0 Å². The van der Waals surface area contributed by atoms with Crippen molar-refractivity contribution in [1.29, 1.82) is 0 Å². The molecule has 2 heteroatoms. The molecule has 0 saturated carbocycles. The van der Waals surface area contributed by atoms with Crippen molar-refractivity contribution in [2.45, 2.75) is 66.3 Å². The molecule has 2 nitrogen and oxygen atoms in total. The van der Waals surface area contributed by atoms with Gasteiger partial charge in [0.2, 0.25) is 0 Å². The van der Waals surface area contributed by atoms with Crippen LogP contribution in [-0.4, -0.2) is 10.4 Å². The summed E-state index contributed by atoms with van der Waals surface area (Å²) in [5, 5.41) is 0. The maximum Gasteiger partial charge on any atom is 0.165 e. The van der Waals surface area contributed by atoms with E-state index in [1.807, 2.05) is 6.07 Å². The molecule has 1 heterocycles. The van der Waals surface area contributed by atoms with Gasteiger partial charge in [0.15, 0.2) is 5.78 Å². The smallest absolute Gasteiger partial charge is 0.165 e. The van der Waals surface area contributed by atoms with Crippen LogP contribution in [0.3, 0.4) is 0 Å². The Hall–Kier alpha value is -1.05. The van der Waals surface area contributed by atoms with Gasteiger partial charge >= 0.3 is 0 Å². The SMILES string of the molecule is CCC(C)CC(C)n1ccc2c1CC(C)(C)CC2=O. The zero-order chi connectivity index (χ0) is 14.2. The monoisotopic (exact) mass is 261 g/mol. The fourth-order valence-electron chi connectivity index (χ4n) is 3.24. The Labute approximate surface area is 117 Å². The highest BCUT2D eigenvalue weighted by atomic mass is 16.1. The molecule has 0 fully saturated rings. The summed E-state index contributed by atoms with van der Waals surface area (Å²) in [4.78, 5) is 12.2. The minimum atomic E-state index is 0.107. The fraction of sp³-hybridized carbons (Fsp3) is 0.706. The normalized spacial score (nSPS) is 21.0. The van der Waals surface area contributed by atoms with Crippen LogP contribution in [0.1, 0.15) is 76.0 Å². The molecule has 19 heavy (non-hydrogen) atoms. The lowest BCUT2D eigenvalue weighted by molar-refractivity contribution is 0.0909. The van der Waals surface area contributed by atoms with E-state index in [0.29, 0.717) is 18.2 Å². The average molecular weight is 261 g/mol. The van der Waals surface area contributed by atoms with Gasteiger partial charge in [0, 0.05) is 29.9 Å². The van der Waals surface area contributed by atoms with Gasteiger partial charge in [-0.3, -0.25) is 4.79 Å². The molecule has 0 saturated heterocycles. The van der Waals surface area contributed by atoms with E-state index in [1.165, 1.54) is 18.5 Å². The van der Waals surface area contributed by atoms with Gasteiger partial charge in [0.1, 0.15) is 0 Å². The molecule has 0 aliphatic heterocycles. The van der Waals surface area contributed by atoms with E-state index in [1.54, 1.807) is 0 Å². The number of rotatable bonds is 4. The summed E-state index contributed by atoms with van der Waals surface area (Å²) in [5.41, 5.74) is 2.34. The number of ketones is 1. The van der Waals surface area contributed by atoms with Crippen molar-refractivity contribution in [3.8, 4) is 0 Å². The molecule has 106 valence electrons. The summed E-state index contributed by atoms with van der Waals surface area (Å²) >= 11 is 0. The van der Waals surface area contributed by atoms with Gasteiger partial charge < -0.3 is 4.57 Å². The lowest BCUT2D eigenvalue weighted by Gasteiger charge is -2.31. The first-order valence-electron chi connectivity index (χ1n) is 7.57. The van der Waals surface area contributed by atoms with Crippen LogP contribution in [0.2, 0.25) is 0 Å². The fourth-order valence-corrected chi connectivity index (χ4v) is 3.24. The van der Waals surface area contributed by atoms with Crippen LogP contribution in [0, 0.1) is 11.3 Å². The Morgan fingerprint density at radius 1 is 1.32 bits per heavy atom. The van der Waals surface area contributed by atoms with Crippen molar-refractivity contribution in [2.24, 2.45) is 11.3 Å². The maximum absolute atomic E-state index is 12.2. The van der Waals surface area contributed by atoms with E-state index in [2.05, 4.69) is 45.4 Å². The molecule has 1 aromatic heterocycles. The minimum absolute atomic E-state index is 0.107. The number of hydrogen-bond acceptors (Lipinski definition) is 1. The quantitative estimate of drug-likeness (QED) is 0.774. The number of nitrogens with zero attached hydrogens (tertiary/aromatic N) is 1. The van der Waals surface area contributed by atoms with Crippen LogP contribution in [0.4, 0.5) is 0 Å². The van der Waals surface area contributed by atoms with Gasteiger partial charge in [-0.25, -0.2) is 0 Å². The second kappa shape index (κ2) is 5.15. The Morgan fingerprint density at radius 2 is 2.00 bits per heavy atom. The van der Waals surface area contributed by atoms with Crippen LogP contribution in [0.5, 0.6) is 0 Å². The lowest BCUT2D eigenvalue weighted by Crippen LogP contribution is -2.28. The minimum Gasteiger partial charge on any atom is -0.348 e. The van der Waals surface area contributed by atoms with Crippen LogP contribution >= 0.6 is 0 Å². The first kappa shape index (κ1) is 14.4. The second-order valence-electron chi connectivity index (χ2n) is 7.12. The lowest BCUT2D eigenvalue weighted by atomic mass is 9.76. The molecule has 1 aliphatic carbocycles. The zero-order valence-electron chi connectivity index (χ0n) is 13.0. The van der Waals surface area contributed by atoms with E-state index >= 15 is 0 Å². The molecule has 0 N–H and O–H groups in total. The maximum atomic E-state index is 12.2. The van der Waals surface area contributed by atoms with Crippen LogP contribution < -0.4 is 0 Å². The highest BCUT2D eigenvalue weighted by molar-refractivity contribution is 5.98. The van der Waals surface area contributed by atoms with Gasteiger partial charge in [-0.2, -0.15) is 0 Å². The number of carbonyl (C=O) groups excluding carboxylic acids is 1. The van der Waals surface area contributed by atoms with Crippen LogP contribution in [0.15, 0.2) is 12.3 Å². The number of Topliss-reactive ketones (excluding diaryl/α,β-unsaturated/α-hetero) is 1. The third-order valence-corrected chi connectivity index (χ3v) is 4.53. The summed E-state index contributed by atoms with van der Waals surface area (Å²) in [6.45, 7) is 11.2. The van der Waals surface area contributed by atoms with Crippen molar-refractivity contribution in [3.63, 3.8) is 0 Å². The summed E-state index contributed by atoms with van der Waals surface area (Å²) in [6, 6.07) is 2.51. The van der Waals surface area contributed by atoms with Crippen molar-refractivity contribution in [1.82, 2.24) is 4.57 Å². The Balaban J connectivity index is 2.27. The zero-order valence-corrected chi connectivity index (χ0v) is 13.0. The third kappa shape index (κ3) is 2.93. The largest absolute Gasteiger partial charge is 0.348 e. The Bertz CT molecular complexity index is 470. The van der Waals surface area contributed by atoms with Crippen molar-refractivity contribution in [2.75, 3.05) is 0 Å². The van der Waals surface area contributed by atoms with Crippen LogP contribution in [-0.2, 0) is 6.42 Å². The molecule has 0 amide bonds. The molecule has 1 aliphatic rings. The van der Waals surface area contributed by atoms with Gasteiger partial charge in [0.05, 0.1) is 0 Å². The second-order valence-corrected chi connectivity index (χ2v) is 7.12. The van der Waals surface area contributed by atoms with Gasteiger partial charge in [-0.1, -0.05) is 34.1 Å². The number of carbonyl (C=O) groups is 1. The molecule has 2 atom stereocenters. The first-order chi connectivity index (χ1) is 8.84. The third-order valence-electron chi connectivity index (χ3n) is 4.53. The predicted molar refractivity (Wildman–Crippen MR) is 79.6 cm³/mol. The van der Waals surface area contributed by atoms with Crippen molar-refractivity contribution < 1.29 is 4.79 Å². The van der Waals surface area contributed by atoms with E-state index in [4.69, 9.17) is 0 Å². The van der Waals surface area contributed by atoms with Crippen molar-refractivity contribution in [3.05, 3.63) is 23.5 Å². The van der Waals surface area contributed by atoms with Gasteiger partial charge in [0.25, 0.3) is 0 Å². The molecule has 0 aromatic carbocycles. The van der Waals surface area contributed by atoms with Gasteiger partial charge in [-0.05, 0) is 37.2 Å². The number of hydrogen-bond donors (Lipinski definition) is 0. The molecular weight excluding hydrogens is 234 g/mol. The summed E-state index contributed by atoms with van der Waals surface area (Å²) in [5.74, 6) is 1.06. The Morgan fingerprint density at radius 3 is 2.63 bits per heavy atom. The van der Waals surface area contributed by atoms with E-state index in [0.717, 1.165) is 17.9 Å². The van der Waals surface area contributed by atoms with E-state index in [-0.39, 0.29) is 5.41 Å². The summed E-state index contributed by atoms with van der Waals surface area (Å²) in [6.07, 6.45) is 6.23. The highest BCUT2D eigenvalue weighted by Gasteiger charge is 2.33. The average Bonchev–Trinajstić information content (AvgIpc) is 2.70.